The number of carbonyl (C=O) groups is 2. The molecule has 2 rings (SSSR count). The zero-order valence-electron chi connectivity index (χ0n) is 26.2. The van der Waals surface area contributed by atoms with Crippen molar-refractivity contribution in [2.75, 3.05) is 27.2 Å². The van der Waals surface area contributed by atoms with E-state index >= 15 is 0 Å². The molecular formula is C31H49ClN4O6S. The largest absolute Gasteiger partial charge is 0.497 e. The molecule has 10 nitrogen and oxygen atoms in total. The second kappa shape index (κ2) is 18.2. The summed E-state index contributed by atoms with van der Waals surface area (Å²) in [6.45, 7) is 9.25. The molecule has 43 heavy (non-hydrogen) atoms. The van der Waals surface area contributed by atoms with Crippen molar-refractivity contribution in [1.82, 2.24) is 20.3 Å². The van der Waals surface area contributed by atoms with Gasteiger partial charge >= 0.3 is 0 Å². The van der Waals surface area contributed by atoms with E-state index in [-0.39, 0.29) is 54.6 Å². The maximum Gasteiger partial charge on any atom is 0.243 e. The van der Waals surface area contributed by atoms with E-state index in [0.29, 0.717) is 12.2 Å². The minimum Gasteiger partial charge on any atom is -0.497 e. The van der Waals surface area contributed by atoms with E-state index < -0.39 is 40.2 Å². The predicted octanol–water partition coefficient (Wildman–Crippen LogP) is 2.99. The number of benzene rings is 2. The van der Waals surface area contributed by atoms with Gasteiger partial charge in [0.25, 0.3) is 0 Å². The molecule has 1 unspecified atom stereocenters. The molecule has 0 spiro atoms. The number of hydrogen-bond donors (Lipinski definition) is 4. The molecule has 2 aromatic rings. The van der Waals surface area contributed by atoms with E-state index in [4.69, 9.17) is 4.74 Å². The molecule has 12 heteroatoms. The summed E-state index contributed by atoms with van der Waals surface area (Å²) in [5.74, 6) is -0.421. The topological polar surface area (TPSA) is 137 Å². The van der Waals surface area contributed by atoms with Crippen molar-refractivity contribution in [3.8, 4) is 5.75 Å². The van der Waals surface area contributed by atoms with Crippen molar-refractivity contribution in [3.05, 3.63) is 60.2 Å². The maximum absolute atomic E-state index is 13.7. The lowest BCUT2D eigenvalue weighted by atomic mass is 9.95. The zero-order valence-corrected chi connectivity index (χ0v) is 27.9. The fraction of sp³-hybridized carbons (Fsp3) is 0.548. The van der Waals surface area contributed by atoms with Crippen LogP contribution in [0.4, 0.5) is 0 Å². The van der Waals surface area contributed by atoms with Crippen molar-refractivity contribution in [3.63, 3.8) is 0 Å². The number of methoxy groups -OCH3 is 1. The highest BCUT2D eigenvalue weighted by Gasteiger charge is 2.34. The highest BCUT2D eigenvalue weighted by molar-refractivity contribution is 7.89. The lowest BCUT2D eigenvalue weighted by molar-refractivity contribution is -0.131. The van der Waals surface area contributed by atoms with Crippen molar-refractivity contribution < 1.29 is 27.9 Å². The molecule has 0 aliphatic rings. The molecule has 0 heterocycles. The third kappa shape index (κ3) is 11.4. The number of rotatable bonds is 17. The number of ether oxygens (including phenoxy) is 1. The van der Waals surface area contributed by atoms with Crippen molar-refractivity contribution in [1.29, 1.82) is 0 Å². The zero-order chi connectivity index (χ0) is 31.4. The van der Waals surface area contributed by atoms with Gasteiger partial charge in [0, 0.05) is 13.1 Å². The molecular weight excluding hydrogens is 592 g/mol. The summed E-state index contributed by atoms with van der Waals surface area (Å²) in [5, 5.41) is 20.2. The van der Waals surface area contributed by atoms with E-state index in [9.17, 15) is 23.1 Å². The van der Waals surface area contributed by atoms with Gasteiger partial charge < -0.3 is 25.8 Å². The van der Waals surface area contributed by atoms with Gasteiger partial charge in [-0.05, 0) is 62.1 Å². The first-order chi connectivity index (χ1) is 19.8. The average molecular weight is 641 g/mol. The van der Waals surface area contributed by atoms with Gasteiger partial charge in [-0.3, -0.25) is 9.59 Å². The smallest absolute Gasteiger partial charge is 0.243 e. The Morgan fingerprint density at radius 3 is 2.05 bits per heavy atom. The number of likely N-dealkylation sites (N-methyl/N-ethyl adjacent to an activating group) is 1. The molecule has 0 aliphatic carbocycles. The molecule has 242 valence electrons. The minimum absolute atomic E-state index is 0. The van der Waals surface area contributed by atoms with E-state index in [1.165, 1.54) is 23.5 Å². The van der Waals surface area contributed by atoms with Gasteiger partial charge in [-0.1, -0.05) is 64.4 Å². The Bertz CT molecular complexity index is 1230. The number of hydrogen-bond acceptors (Lipinski definition) is 7. The van der Waals surface area contributed by atoms with Gasteiger partial charge in [-0.15, -0.1) is 12.4 Å². The SMILES string of the molecule is CCC(C)[C@H](NC(=O)[C@@H](C)NC)C(=O)N[C@@H](Cc1ccccc1)[C@H](O)CN(CC(C)C)S(=O)(=O)c1ccc(OC)cc1.Cl. The van der Waals surface area contributed by atoms with Gasteiger partial charge in [0.05, 0.1) is 30.2 Å². The number of amides is 2. The summed E-state index contributed by atoms with van der Waals surface area (Å²) in [6.07, 6.45) is -0.342. The molecule has 0 saturated heterocycles. The summed E-state index contributed by atoms with van der Waals surface area (Å²) < 4.78 is 33.8. The first-order valence-corrected chi connectivity index (χ1v) is 15.9. The predicted molar refractivity (Wildman–Crippen MR) is 172 cm³/mol. The van der Waals surface area contributed by atoms with E-state index in [1.54, 1.807) is 26.1 Å². The first-order valence-electron chi connectivity index (χ1n) is 14.5. The Morgan fingerprint density at radius 1 is 0.930 bits per heavy atom. The van der Waals surface area contributed by atoms with Crippen LogP contribution in [-0.4, -0.2) is 81.1 Å². The minimum atomic E-state index is -3.97. The monoisotopic (exact) mass is 640 g/mol. The summed E-state index contributed by atoms with van der Waals surface area (Å²) in [5.41, 5.74) is 0.864. The molecule has 5 atom stereocenters. The van der Waals surface area contributed by atoms with Crippen LogP contribution >= 0.6 is 12.4 Å². The molecule has 2 aromatic carbocycles. The fourth-order valence-electron chi connectivity index (χ4n) is 4.45. The number of sulfonamides is 1. The van der Waals surface area contributed by atoms with Gasteiger partial charge in [-0.25, -0.2) is 8.42 Å². The highest BCUT2D eigenvalue weighted by Crippen LogP contribution is 2.22. The molecule has 0 aromatic heterocycles. The Labute approximate surface area is 263 Å². The summed E-state index contributed by atoms with van der Waals surface area (Å²) in [7, 11) is -0.803. The van der Waals surface area contributed by atoms with Crippen LogP contribution < -0.4 is 20.7 Å². The maximum atomic E-state index is 13.7. The van der Waals surface area contributed by atoms with Gasteiger partial charge in [-0.2, -0.15) is 4.31 Å². The molecule has 0 bridgehead atoms. The van der Waals surface area contributed by atoms with E-state index in [1.807, 2.05) is 58.0 Å². The Hall–Kier alpha value is -2.70. The van der Waals surface area contributed by atoms with Crippen LogP contribution in [0.25, 0.3) is 0 Å². The van der Waals surface area contributed by atoms with E-state index in [0.717, 1.165) is 5.56 Å². The summed E-state index contributed by atoms with van der Waals surface area (Å²) >= 11 is 0. The van der Waals surface area contributed by atoms with Crippen LogP contribution in [0, 0.1) is 11.8 Å². The van der Waals surface area contributed by atoms with Crippen LogP contribution in [0.15, 0.2) is 59.5 Å². The van der Waals surface area contributed by atoms with Crippen molar-refractivity contribution in [2.45, 2.75) is 76.6 Å². The van der Waals surface area contributed by atoms with Crippen molar-refractivity contribution in [2.24, 2.45) is 11.8 Å². The standard InChI is InChI=1S/C31H48N4O6S.ClH/c1-8-22(4)29(34-30(37)23(5)32-6)31(38)33-27(18-24-12-10-9-11-13-24)28(36)20-35(19-21(2)3)42(39,40)26-16-14-25(41-7)15-17-26;/h9-17,21-23,27-29,32,36H,8,18-20H2,1-7H3,(H,33,38)(H,34,37);1H/t22?,23-,27+,28-,29+;/m1./s1. The molecule has 0 aliphatic heterocycles. The van der Waals surface area contributed by atoms with Crippen LogP contribution in [0.5, 0.6) is 5.75 Å². The highest BCUT2D eigenvalue weighted by atomic mass is 35.5. The lowest BCUT2D eigenvalue weighted by Crippen LogP contribution is -2.58. The Kier molecular flexibility index (Phi) is 16.2. The molecule has 0 fully saturated rings. The van der Waals surface area contributed by atoms with Crippen LogP contribution in [0.3, 0.4) is 0 Å². The number of halogens is 1. The quantitative estimate of drug-likeness (QED) is 0.209. The van der Waals surface area contributed by atoms with Crippen LogP contribution in [0.1, 0.15) is 46.6 Å². The number of carbonyl (C=O) groups excluding carboxylic acids is 2. The average Bonchev–Trinajstić information content (AvgIpc) is 2.98. The Morgan fingerprint density at radius 2 is 1.53 bits per heavy atom. The first kappa shape index (κ1) is 38.3. The molecule has 0 saturated carbocycles. The normalized spacial score (nSPS) is 15.1. The lowest BCUT2D eigenvalue weighted by Gasteiger charge is -2.32. The molecule has 0 radical (unpaired) electrons. The number of nitrogens with one attached hydrogen (secondary N) is 3. The fourth-order valence-corrected chi connectivity index (χ4v) is 6.07. The van der Waals surface area contributed by atoms with Crippen molar-refractivity contribution >= 4 is 34.2 Å². The van der Waals surface area contributed by atoms with Crippen LogP contribution in [-0.2, 0) is 26.0 Å². The summed E-state index contributed by atoms with van der Waals surface area (Å²) in [4.78, 5) is 26.4. The summed E-state index contributed by atoms with van der Waals surface area (Å²) in [6, 6.07) is 13.3. The van der Waals surface area contributed by atoms with Gasteiger partial charge in [0.15, 0.2) is 0 Å². The van der Waals surface area contributed by atoms with Crippen LogP contribution in [0.2, 0.25) is 0 Å². The second-order valence-electron chi connectivity index (χ2n) is 11.1. The number of aliphatic hydroxyl groups is 1. The second-order valence-corrected chi connectivity index (χ2v) is 13.1. The number of nitrogens with zero attached hydrogens (tertiary/aromatic N) is 1. The van der Waals surface area contributed by atoms with Gasteiger partial charge in [0.1, 0.15) is 11.8 Å². The third-order valence-corrected chi connectivity index (χ3v) is 9.21. The third-order valence-electron chi connectivity index (χ3n) is 7.37. The van der Waals surface area contributed by atoms with Gasteiger partial charge in [0.2, 0.25) is 21.8 Å². The number of aliphatic hydroxyl groups excluding tert-OH is 1. The van der Waals surface area contributed by atoms with E-state index in [2.05, 4.69) is 16.0 Å². The Balaban J connectivity index is 0.00000924. The molecule has 4 N–H and O–H groups in total. The molecule has 2 amide bonds.